The molecule has 0 aromatic carbocycles. The molecule has 22 heavy (non-hydrogen) atoms. The predicted octanol–water partition coefficient (Wildman–Crippen LogP) is 6.12. The molecule has 0 amide bonds. The maximum Gasteiger partial charge on any atom is 0.0529 e. The van der Waals surface area contributed by atoms with Crippen molar-refractivity contribution in [1.82, 2.24) is 9.97 Å². The minimum atomic E-state index is 0.408. The molecule has 0 atom stereocenters. The average Bonchev–Trinajstić information content (AvgIpc) is 2.43. The molecule has 0 bridgehead atoms. The summed E-state index contributed by atoms with van der Waals surface area (Å²) >= 11 is 0. The van der Waals surface area contributed by atoms with Crippen molar-refractivity contribution >= 4 is 10.8 Å². The molecule has 0 spiro atoms. The minimum absolute atomic E-state index is 0.408. The van der Waals surface area contributed by atoms with E-state index in [1.807, 2.05) is 0 Å². The third kappa shape index (κ3) is 3.16. The Morgan fingerprint density at radius 3 is 1.23 bits per heavy atom. The van der Waals surface area contributed by atoms with Crippen LogP contribution >= 0.6 is 0 Å². The third-order valence-electron chi connectivity index (χ3n) is 4.18. The molecule has 0 N–H and O–H groups in total. The highest BCUT2D eigenvalue weighted by atomic mass is 14.8. The SMILES string of the molecule is CC(C)c1cc2cc(C(C)C)nc(C(C)C)c2c(C(C)C)n1. The van der Waals surface area contributed by atoms with Crippen LogP contribution in [0, 0.1) is 0 Å². The van der Waals surface area contributed by atoms with E-state index in [4.69, 9.17) is 9.97 Å². The number of hydrogen-bond donors (Lipinski definition) is 0. The fourth-order valence-electron chi connectivity index (χ4n) is 2.81. The molecular formula is C20H30N2. The summed E-state index contributed by atoms with van der Waals surface area (Å²) in [5.41, 5.74) is 4.78. The fourth-order valence-corrected chi connectivity index (χ4v) is 2.81. The molecule has 0 saturated heterocycles. The van der Waals surface area contributed by atoms with Gasteiger partial charge in [0.1, 0.15) is 0 Å². The highest BCUT2D eigenvalue weighted by Gasteiger charge is 2.19. The van der Waals surface area contributed by atoms with Gasteiger partial charge in [0.05, 0.1) is 11.4 Å². The summed E-state index contributed by atoms with van der Waals surface area (Å²) in [7, 11) is 0. The molecule has 0 aliphatic rings. The van der Waals surface area contributed by atoms with Crippen LogP contribution in [0.15, 0.2) is 12.1 Å². The molecule has 0 unspecified atom stereocenters. The molecule has 2 aromatic heterocycles. The number of pyridine rings is 2. The maximum atomic E-state index is 4.98. The lowest BCUT2D eigenvalue weighted by atomic mass is 9.93. The Bertz CT molecular complexity index is 612. The Labute approximate surface area is 135 Å². The summed E-state index contributed by atoms with van der Waals surface area (Å²) in [5, 5.41) is 2.59. The zero-order valence-electron chi connectivity index (χ0n) is 15.4. The van der Waals surface area contributed by atoms with Crippen molar-refractivity contribution in [3.8, 4) is 0 Å². The topological polar surface area (TPSA) is 25.8 Å². The third-order valence-corrected chi connectivity index (χ3v) is 4.18. The Kier molecular flexibility index (Phi) is 4.89. The summed E-state index contributed by atoms with van der Waals surface area (Å²) in [6.07, 6.45) is 0. The molecule has 0 aliphatic carbocycles. The average molecular weight is 298 g/mol. The van der Waals surface area contributed by atoms with Gasteiger partial charge in [-0.2, -0.15) is 0 Å². The van der Waals surface area contributed by atoms with Gasteiger partial charge in [-0.25, -0.2) is 0 Å². The summed E-state index contributed by atoms with van der Waals surface area (Å²) in [6, 6.07) is 4.54. The highest BCUT2D eigenvalue weighted by Crippen LogP contribution is 2.33. The van der Waals surface area contributed by atoms with E-state index in [9.17, 15) is 0 Å². The van der Waals surface area contributed by atoms with Crippen molar-refractivity contribution in [3.05, 3.63) is 34.9 Å². The summed E-state index contributed by atoms with van der Waals surface area (Å²) in [4.78, 5) is 9.95. The van der Waals surface area contributed by atoms with Gasteiger partial charge in [-0.3, -0.25) is 9.97 Å². The largest absolute Gasteiger partial charge is 0.257 e. The van der Waals surface area contributed by atoms with Crippen LogP contribution in [0.1, 0.15) is 102 Å². The number of nitrogens with zero attached hydrogens (tertiary/aromatic N) is 2. The van der Waals surface area contributed by atoms with Crippen molar-refractivity contribution in [2.75, 3.05) is 0 Å². The standard InChI is InChI=1S/C20H30N2/c1-11(2)16-9-15-10-17(12(3)4)22-20(14(7)8)18(15)19(21-16)13(5)6/h9-14H,1-8H3. The van der Waals surface area contributed by atoms with Gasteiger partial charge in [0.15, 0.2) is 0 Å². The van der Waals surface area contributed by atoms with Crippen LogP contribution in [0.3, 0.4) is 0 Å². The zero-order valence-corrected chi connectivity index (χ0v) is 15.4. The molecule has 0 saturated carbocycles. The van der Waals surface area contributed by atoms with E-state index < -0.39 is 0 Å². The van der Waals surface area contributed by atoms with Gasteiger partial charge < -0.3 is 0 Å². The van der Waals surface area contributed by atoms with Gasteiger partial charge in [-0.05, 0) is 41.2 Å². The number of rotatable bonds is 4. The van der Waals surface area contributed by atoms with Crippen molar-refractivity contribution in [3.63, 3.8) is 0 Å². The van der Waals surface area contributed by atoms with Crippen molar-refractivity contribution in [2.24, 2.45) is 0 Å². The Hall–Kier alpha value is -1.44. The van der Waals surface area contributed by atoms with Gasteiger partial charge >= 0.3 is 0 Å². The molecule has 2 aromatic rings. The van der Waals surface area contributed by atoms with Crippen molar-refractivity contribution < 1.29 is 0 Å². The molecule has 2 heterocycles. The molecule has 0 fully saturated rings. The normalized spacial score (nSPS) is 12.4. The fraction of sp³-hybridized carbons (Fsp3) is 0.600. The first-order chi connectivity index (χ1) is 10.2. The zero-order chi connectivity index (χ0) is 16.6. The van der Waals surface area contributed by atoms with Gasteiger partial charge in [0, 0.05) is 16.8 Å². The number of fused-ring (bicyclic) bond motifs is 1. The second-order valence-corrected chi connectivity index (χ2v) is 7.58. The Morgan fingerprint density at radius 2 is 0.955 bits per heavy atom. The van der Waals surface area contributed by atoms with Crippen LogP contribution in [0.5, 0.6) is 0 Å². The van der Waals surface area contributed by atoms with Crippen LogP contribution in [-0.4, -0.2) is 9.97 Å². The molecule has 2 heteroatoms. The van der Waals surface area contributed by atoms with Crippen LogP contribution in [0.4, 0.5) is 0 Å². The highest BCUT2D eigenvalue weighted by molar-refractivity contribution is 5.88. The first-order valence-electron chi connectivity index (χ1n) is 8.57. The van der Waals surface area contributed by atoms with Crippen LogP contribution in [0.2, 0.25) is 0 Å². The van der Waals surface area contributed by atoms with Crippen molar-refractivity contribution in [2.45, 2.75) is 79.1 Å². The quantitative estimate of drug-likeness (QED) is 0.679. The van der Waals surface area contributed by atoms with E-state index in [1.54, 1.807) is 0 Å². The van der Waals surface area contributed by atoms with Crippen LogP contribution < -0.4 is 0 Å². The smallest absolute Gasteiger partial charge is 0.0529 e. The Morgan fingerprint density at radius 1 is 0.591 bits per heavy atom. The van der Waals surface area contributed by atoms with E-state index in [-0.39, 0.29) is 0 Å². The lowest BCUT2D eigenvalue weighted by Gasteiger charge is -2.20. The van der Waals surface area contributed by atoms with Crippen LogP contribution in [-0.2, 0) is 0 Å². The monoisotopic (exact) mass is 298 g/mol. The first-order valence-corrected chi connectivity index (χ1v) is 8.57. The number of hydrogen-bond acceptors (Lipinski definition) is 2. The Balaban J connectivity index is 2.90. The van der Waals surface area contributed by atoms with Gasteiger partial charge in [0.2, 0.25) is 0 Å². The van der Waals surface area contributed by atoms with E-state index >= 15 is 0 Å². The van der Waals surface area contributed by atoms with Gasteiger partial charge in [-0.1, -0.05) is 55.4 Å². The minimum Gasteiger partial charge on any atom is -0.257 e. The van der Waals surface area contributed by atoms with Gasteiger partial charge in [-0.15, -0.1) is 0 Å². The second kappa shape index (κ2) is 6.36. The summed E-state index contributed by atoms with van der Waals surface area (Å²) in [5.74, 6) is 1.70. The molecule has 0 aliphatic heterocycles. The molecule has 0 radical (unpaired) electrons. The van der Waals surface area contributed by atoms with E-state index in [0.717, 1.165) is 0 Å². The van der Waals surface area contributed by atoms with E-state index in [1.165, 1.54) is 33.5 Å². The maximum absolute atomic E-state index is 4.98. The van der Waals surface area contributed by atoms with Crippen molar-refractivity contribution in [1.29, 1.82) is 0 Å². The lowest BCUT2D eigenvalue weighted by molar-refractivity contribution is 0.753. The van der Waals surface area contributed by atoms with Gasteiger partial charge in [0.25, 0.3) is 0 Å². The number of aromatic nitrogens is 2. The molecule has 120 valence electrons. The second-order valence-electron chi connectivity index (χ2n) is 7.58. The summed E-state index contributed by atoms with van der Waals surface area (Å²) < 4.78 is 0. The molecular weight excluding hydrogens is 268 g/mol. The molecule has 2 rings (SSSR count). The lowest BCUT2D eigenvalue weighted by Crippen LogP contribution is -2.07. The molecule has 2 nitrogen and oxygen atoms in total. The van der Waals surface area contributed by atoms with E-state index in [2.05, 4.69) is 67.5 Å². The predicted molar refractivity (Wildman–Crippen MR) is 95.9 cm³/mol. The van der Waals surface area contributed by atoms with Crippen LogP contribution in [0.25, 0.3) is 10.8 Å². The van der Waals surface area contributed by atoms with E-state index in [0.29, 0.717) is 23.7 Å². The first kappa shape index (κ1) is 16.9. The summed E-state index contributed by atoms with van der Waals surface area (Å²) in [6.45, 7) is 17.8.